The van der Waals surface area contributed by atoms with Crippen molar-refractivity contribution < 1.29 is 14.3 Å². The van der Waals surface area contributed by atoms with Crippen LogP contribution in [0, 0.1) is 0 Å². The van der Waals surface area contributed by atoms with Crippen molar-refractivity contribution in [3.8, 4) is 5.75 Å². The van der Waals surface area contributed by atoms with Crippen LogP contribution in [0.4, 0.5) is 11.4 Å². The highest BCUT2D eigenvalue weighted by Gasteiger charge is 2.06. The van der Waals surface area contributed by atoms with Crippen molar-refractivity contribution >= 4 is 23.2 Å². The highest BCUT2D eigenvalue weighted by atomic mass is 16.5. The second-order valence-corrected chi connectivity index (χ2v) is 5.46. The maximum absolute atomic E-state index is 12.0. The van der Waals surface area contributed by atoms with E-state index in [9.17, 15) is 9.59 Å². The molecule has 6 nitrogen and oxygen atoms in total. The minimum atomic E-state index is -0.168. The Bertz CT molecular complexity index is 697. The molecule has 0 spiro atoms. The van der Waals surface area contributed by atoms with Gasteiger partial charge in [-0.15, -0.1) is 0 Å². The Morgan fingerprint density at radius 3 is 2.20 bits per heavy atom. The molecule has 2 aromatic rings. The molecule has 6 heteroatoms. The van der Waals surface area contributed by atoms with Crippen molar-refractivity contribution in [1.29, 1.82) is 0 Å². The van der Waals surface area contributed by atoms with Crippen molar-refractivity contribution in [3.63, 3.8) is 0 Å². The van der Waals surface area contributed by atoms with Crippen molar-refractivity contribution in [3.05, 3.63) is 54.1 Å². The predicted octanol–water partition coefficient (Wildman–Crippen LogP) is 2.89. The zero-order valence-corrected chi connectivity index (χ0v) is 14.5. The summed E-state index contributed by atoms with van der Waals surface area (Å²) in [7, 11) is 1.61. The topological polar surface area (TPSA) is 79.5 Å². The van der Waals surface area contributed by atoms with Crippen LogP contribution in [0.1, 0.15) is 23.7 Å². The number of hydrogen-bond donors (Lipinski definition) is 3. The second kappa shape index (κ2) is 9.32. The lowest BCUT2D eigenvalue weighted by molar-refractivity contribution is -0.114. The standard InChI is InChI=1S/C19H23N3O3/c1-3-12-20-19(24)14-4-6-16(7-5-14)22-18(23)13-21-15-8-10-17(25-2)11-9-15/h4-11,21H,3,12-13H2,1-2H3,(H,20,24)(H,22,23). The maximum Gasteiger partial charge on any atom is 0.251 e. The van der Waals surface area contributed by atoms with E-state index in [-0.39, 0.29) is 18.4 Å². The molecular weight excluding hydrogens is 318 g/mol. The number of ether oxygens (including phenoxy) is 1. The number of amides is 2. The summed E-state index contributed by atoms with van der Waals surface area (Å²) < 4.78 is 5.09. The van der Waals surface area contributed by atoms with Crippen LogP contribution >= 0.6 is 0 Å². The Balaban J connectivity index is 1.82. The Kier molecular flexibility index (Phi) is 6.83. The minimum Gasteiger partial charge on any atom is -0.497 e. The summed E-state index contributed by atoms with van der Waals surface area (Å²) in [5.74, 6) is 0.484. The molecule has 0 aliphatic carbocycles. The zero-order chi connectivity index (χ0) is 18.1. The molecule has 0 saturated carbocycles. The van der Waals surface area contributed by atoms with E-state index in [4.69, 9.17) is 4.74 Å². The molecule has 0 unspecified atom stereocenters. The van der Waals surface area contributed by atoms with E-state index in [2.05, 4.69) is 16.0 Å². The van der Waals surface area contributed by atoms with Crippen LogP contribution in [0.15, 0.2) is 48.5 Å². The third-order valence-corrected chi connectivity index (χ3v) is 3.51. The fraction of sp³-hybridized carbons (Fsp3) is 0.263. The molecule has 0 aliphatic heterocycles. The van der Waals surface area contributed by atoms with Crippen molar-refractivity contribution in [1.82, 2.24) is 5.32 Å². The maximum atomic E-state index is 12.0. The smallest absolute Gasteiger partial charge is 0.251 e. The molecule has 0 fully saturated rings. The summed E-state index contributed by atoms with van der Waals surface area (Å²) in [5, 5.41) is 8.63. The van der Waals surface area contributed by atoms with E-state index in [1.165, 1.54) is 0 Å². The third kappa shape index (κ3) is 5.84. The molecule has 132 valence electrons. The Hall–Kier alpha value is -3.02. The molecular formula is C19H23N3O3. The summed E-state index contributed by atoms with van der Waals surface area (Å²) in [4.78, 5) is 23.8. The zero-order valence-electron chi connectivity index (χ0n) is 14.5. The molecule has 0 bridgehead atoms. The molecule has 0 heterocycles. The predicted molar refractivity (Wildman–Crippen MR) is 99.2 cm³/mol. The van der Waals surface area contributed by atoms with Gasteiger partial charge in [0.25, 0.3) is 5.91 Å². The lowest BCUT2D eigenvalue weighted by Crippen LogP contribution is -2.24. The Morgan fingerprint density at radius 1 is 0.960 bits per heavy atom. The van der Waals surface area contributed by atoms with Gasteiger partial charge in [0, 0.05) is 23.5 Å². The highest BCUT2D eigenvalue weighted by molar-refractivity contribution is 5.96. The average Bonchev–Trinajstić information content (AvgIpc) is 2.65. The summed E-state index contributed by atoms with van der Waals surface area (Å²) in [6.07, 6.45) is 0.890. The lowest BCUT2D eigenvalue weighted by Gasteiger charge is -2.09. The van der Waals surface area contributed by atoms with Gasteiger partial charge in [0.1, 0.15) is 5.75 Å². The monoisotopic (exact) mass is 341 g/mol. The van der Waals surface area contributed by atoms with Gasteiger partial charge < -0.3 is 20.7 Å². The van der Waals surface area contributed by atoms with Gasteiger partial charge in [-0.2, -0.15) is 0 Å². The van der Waals surface area contributed by atoms with Gasteiger partial charge in [-0.05, 0) is 55.0 Å². The van der Waals surface area contributed by atoms with Crippen molar-refractivity contribution in [2.24, 2.45) is 0 Å². The van der Waals surface area contributed by atoms with Crippen molar-refractivity contribution in [2.45, 2.75) is 13.3 Å². The molecule has 0 aromatic heterocycles. The first kappa shape index (κ1) is 18.3. The van der Waals surface area contributed by atoms with Crippen LogP contribution in [0.2, 0.25) is 0 Å². The van der Waals surface area contributed by atoms with E-state index in [0.29, 0.717) is 17.8 Å². The summed E-state index contributed by atoms with van der Waals surface area (Å²) in [5.41, 5.74) is 2.05. The third-order valence-electron chi connectivity index (χ3n) is 3.51. The van der Waals surface area contributed by atoms with Crippen LogP contribution in [-0.4, -0.2) is 32.0 Å². The van der Waals surface area contributed by atoms with Crippen molar-refractivity contribution in [2.75, 3.05) is 30.8 Å². The van der Waals surface area contributed by atoms with Gasteiger partial charge in [-0.1, -0.05) is 6.92 Å². The largest absolute Gasteiger partial charge is 0.497 e. The van der Waals surface area contributed by atoms with E-state index in [0.717, 1.165) is 17.9 Å². The summed E-state index contributed by atoms with van der Waals surface area (Å²) >= 11 is 0. The van der Waals surface area contributed by atoms with Gasteiger partial charge in [0.15, 0.2) is 0 Å². The molecule has 2 amide bonds. The number of hydrogen-bond acceptors (Lipinski definition) is 4. The van der Waals surface area contributed by atoms with Crippen LogP contribution in [-0.2, 0) is 4.79 Å². The first-order valence-corrected chi connectivity index (χ1v) is 8.18. The van der Waals surface area contributed by atoms with Crippen LogP contribution in [0.25, 0.3) is 0 Å². The number of rotatable bonds is 8. The lowest BCUT2D eigenvalue weighted by atomic mass is 10.2. The number of carbonyl (C=O) groups is 2. The van der Waals surface area contributed by atoms with Gasteiger partial charge in [0.05, 0.1) is 13.7 Å². The number of carbonyl (C=O) groups excluding carboxylic acids is 2. The first-order chi connectivity index (χ1) is 12.1. The summed E-state index contributed by atoms with van der Waals surface area (Å²) in [6, 6.07) is 14.1. The van der Waals surface area contributed by atoms with Gasteiger partial charge in [-0.25, -0.2) is 0 Å². The molecule has 0 radical (unpaired) electrons. The van der Waals surface area contributed by atoms with Gasteiger partial charge >= 0.3 is 0 Å². The van der Waals surface area contributed by atoms with E-state index >= 15 is 0 Å². The number of benzene rings is 2. The first-order valence-electron chi connectivity index (χ1n) is 8.18. The molecule has 3 N–H and O–H groups in total. The normalized spacial score (nSPS) is 10.0. The van der Waals surface area contributed by atoms with E-state index in [1.807, 2.05) is 31.2 Å². The fourth-order valence-electron chi connectivity index (χ4n) is 2.14. The molecule has 0 atom stereocenters. The Morgan fingerprint density at radius 2 is 1.60 bits per heavy atom. The molecule has 0 saturated heterocycles. The molecule has 25 heavy (non-hydrogen) atoms. The highest BCUT2D eigenvalue weighted by Crippen LogP contribution is 2.15. The van der Waals surface area contributed by atoms with E-state index in [1.54, 1.807) is 31.4 Å². The van der Waals surface area contributed by atoms with Gasteiger partial charge in [0.2, 0.25) is 5.91 Å². The quantitative estimate of drug-likeness (QED) is 0.690. The van der Waals surface area contributed by atoms with Crippen LogP contribution < -0.4 is 20.7 Å². The number of nitrogens with one attached hydrogen (secondary N) is 3. The fourth-order valence-corrected chi connectivity index (χ4v) is 2.14. The second-order valence-electron chi connectivity index (χ2n) is 5.46. The minimum absolute atomic E-state index is 0.110. The molecule has 2 rings (SSSR count). The number of anilines is 2. The van der Waals surface area contributed by atoms with E-state index < -0.39 is 0 Å². The van der Waals surface area contributed by atoms with Crippen LogP contribution in [0.3, 0.4) is 0 Å². The molecule has 2 aromatic carbocycles. The SMILES string of the molecule is CCCNC(=O)c1ccc(NC(=O)CNc2ccc(OC)cc2)cc1. The molecule has 0 aliphatic rings. The average molecular weight is 341 g/mol. The number of methoxy groups -OCH3 is 1. The van der Waals surface area contributed by atoms with Crippen LogP contribution in [0.5, 0.6) is 5.75 Å². The Labute approximate surface area is 147 Å². The van der Waals surface area contributed by atoms with Gasteiger partial charge in [-0.3, -0.25) is 9.59 Å². The summed E-state index contributed by atoms with van der Waals surface area (Å²) in [6.45, 7) is 2.79.